The minimum Gasteiger partial charge on any atom is -0.490 e. The van der Waals surface area contributed by atoms with Gasteiger partial charge in [-0.25, -0.2) is 0 Å². The fraction of sp³-hybridized carbons (Fsp3) is 0.571. The SMILES string of the molecule is FC(F)(F)c1cc(CBr)ccc1OCC1CCCCO1. The Bertz CT molecular complexity index is 443. The van der Waals surface area contributed by atoms with Crippen molar-refractivity contribution in [3.8, 4) is 5.75 Å². The lowest BCUT2D eigenvalue weighted by atomic mass is 10.1. The molecule has 1 aromatic carbocycles. The van der Waals surface area contributed by atoms with Gasteiger partial charge in [-0.05, 0) is 37.0 Å². The molecule has 1 atom stereocenters. The van der Waals surface area contributed by atoms with E-state index in [1.807, 2.05) is 0 Å². The van der Waals surface area contributed by atoms with E-state index in [-0.39, 0.29) is 18.5 Å². The highest BCUT2D eigenvalue weighted by Gasteiger charge is 2.34. The Labute approximate surface area is 124 Å². The predicted octanol–water partition coefficient (Wildman–Crippen LogP) is 4.55. The lowest BCUT2D eigenvalue weighted by Gasteiger charge is -2.23. The highest BCUT2D eigenvalue weighted by atomic mass is 79.9. The van der Waals surface area contributed by atoms with Gasteiger partial charge in [0.1, 0.15) is 12.4 Å². The predicted molar refractivity (Wildman–Crippen MR) is 73.2 cm³/mol. The molecule has 1 heterocycles. The van der Waals surface area contributed by atoms with E-state index in [0.29, 0.717) is 17.5 Å². The first-order chi connectivity index (χ1) is 9.50. The zero-order valence-corrected chi connectivity index (χ0v) is 12.5. The molecular weight excluding hydrogens is 337 g/mol. The molecule has 0 radical (unpaired) electrons. The van der Waals surface area contributed by atoms with E-state index < -0.39 is 11.7 Å². The van der Waals surface area contributed by atoms with Crippen molar-refractivity contribution in [1.82, 2.24) is 0 Å². The first kappa shape index (κ1) is 15.6. The van der Waals surface area contributed by atoms with Crippen LogP contribution in [0.25, 0.3) is 0 Å². The van der Waals surface area contributed by atoms with Gasteiger partial charge in [0.2, 0.25) is 0 Å². The zero-order valence-electron chi connectivity index (χ0n) is 10.9. The maximum absolute atomic E-state index is 13.0. The van der Waals surface area contributed by atoms with Crippen LogP contribution < -0.4 is 4.74 Å². The summed E-state index contributed by atoms with van der Waals surface area (Å²) < 4.78 is 49.8. The largest absolute Gasteiger partial charge is 0.490 e. The van der Waals surface area contributed by atoms with Crippen LogP contribution in [0.1, 0.15) is 30.4 Å². The van der Waals surface area contributed by atoms with Crippen molar-refractivity contribution in [2.24, 2.45) is 0 Å². The van der Waals surface area contributed by atoms with Crippen LogP contribution in [0.15, 0.2) is 18.2 Å². The molecule has 112 valence electrons. The molecule has 1 aromatic rings. The average molecular weight is 353 g/mol. The molecule has 0 bridgehead atoms. The summed E-state index contributed by atoms with van der Waals surface area (Å²) in [7, 11) is 0. The second kappa shape index (κ2) is 6.80. The van der Waals surface area contributed by atoms with E-state index in [4.69, 9.17) is 9.47 Å². The molecule has 0 saturated carbocycles. The lowest BCUT2D eigenvalue weighted by Crippen LogP contribution is -2.26. The molecule has 0 aromatic heterocycles. The highest BCUT2D eigenvalue weighted by molar-refractivity contribution is 9.08. The van der Waals surface area contributed by atoms with Crippen molar-refractivity contribution in [3.05, 3.63) is 29.3 Å². The third kappa shape index (κ3) is 4.12. The van der Waals surface area contributed by atoms with Gasteiger partial charge in [-0.2, -0.15) is 13.2 Å². The Balaban J connectivity index is 2.09. The van der Waals surface area contributed by atoms with Crippen molar-refractivity contribution < 1.29 is 22.6 Å². The smallest absolute Gasteiger partial charge is 0.419 e. The van der Waals surface area contributed by atoms with Gasteiger partial charge in [0.05, 0.1) is 11.7 Å². The highest BCUT2D eigenvalue weighted by Crippen LogP contribution is 2.37. The summed E-state index contributed by atoms with van der Waals surface area (Å²) in [5.41, 5.74) is -0.163. The molecule has 1 aliphatic rings. The Kier molecular flexibility index (Phi) is 5.32. The molecule has 0 spiro atoms. The molecule has 1 fully saturated rings. The molecule has 6 heteroatoms. The number of halogens is 4. The summed E-state index contributed by atoms with van der Waals surface area (Å²) in [6.07, 6.45) is -1.66. The summed E-state index contributed by atoms with van der Waals surface area (Å²) in [6.45, 7) is 0.819. The molecule has 2 nitrogen and oxygen atoms in total. The number of hydrogen-bond donors (Lipinski definition) is 0. The molecule has 0 amide bonds. The van der Waals surface area contributed by atoms with Gasteiger partial charge >= 0.3 is 6.18 Å². The lowest BCUT2D eigenvalue weighted by molar-refractivity contribution is -0.139. The van der Waals surface area contributed by atoms with Crippen LogP contribution >= 0.6 is 15.9 Å². The van der Waals surface area contributed by atoms with Crippen molar-refractivity contribution in [1.29, 1.82) is 0 Å². The third-order valence-corrected chi connectivity index (χ3v) is 3.85. The van der Waals surface area contributed by atoms with Crippen molar-refractivity contribution in [2.45, 2.75) is 36.9 Å². The van der Waals surface area contributed by atoms with Gasteiger partial charge in [0.25, 0.3) is 0 Å². The van der Waals surface area contributed by atoms with Crippen LogP contribution in [-0.4, -0.2) is 19.3 Å². The van der Waals surface area contributed by atoms with Gasteiger partial charge < -0.3 is 9.47 Å². The topological polar surface area (TPSA) is 18.5 Å². The number of alkyl halides is 4. The number of rotatable bonds is 4. The first-order valence-corrected chi connectivity index (χ1v) is 7.63. The molecule has 2 rings (SSSR count). The molecule has 1 unspecified atom stereocenters. The molecule has 0 aliphatic carbocycles. The maximum atomic E-state index is 13.0. The van der Waals surface area contributed by atoms with Crippen LogP contribution in [0.5, 0.6) is 5.75 Å². The van der Waals surface area contributed by atoms with Crippen LogP contribution in [0.3, 0.4) is 0 Å². The van der Waals surface area contributed by atoms with E-state index in [2.05, 4.69) is 15.9 Å². The zero-order chi connectivity index (χ0) is 14.6. The van der Waals surface area contributed by atoms with Gasteiger partial charge in [0.15, 0.2) is 0 Å². The monoisotopic (exact) mass is 352 g/mol. The quantitative estimate of drug-likeness (QED) is 0.740. The van der Waals surface area contributed by atoms with Crippen LogP contribution in [0.2, 0.25) is 0 Å². The van der Waals surface area contributed by atoms with Gasteiger partial charge in [-0.15, -0.1) is 0 Å². The standard InChI is InChI=1S/C14H16BrF3O2/c15-8-10-4-5-13(12(7-10)14(16,17)18)20-9-11-3-1-2-6-19-11/h4-5,7,11H,1-3,6,8-9H2. The second-order valence-electron chi connectivity index (χ2n) is 4.76. The molecular formula is C14H16BrF3O2. The van der Waals surface area contributed by atoms with E-state index in [1.165, 1.54) is 6.07 Å². The third-order valence-electron chi connectivity index (χ3n) is 3.20. The van der Waals surface area contributed by atoms with Crippen molar-refractivity contribution >= 4 is 15.9 Å². The summed E-state index contributed by atoms with van der Waals surface area (Å²) in [5, 5.41) is 0.377. The Morgan fingerprint density at radius 2 is 2.10 bits per heavy atom. The molecule has 1 saturated heterocycles. The van der Waals surface area contributed by atoms with Gasteiger partial charge in [-0.3, -0.25) is 0 Å². The van der Waals surface area contributed by atoms with Crippen LogP contribution in [-0.2, 0) is 16.2 Å². The van der Waals surface area contributed by atoms with Crippen LogP contribution in [0.4, 0.5) is 13.2 Å². The Hall–Kier alpha value is -0.750. The van der Waals surface area contributed by atoms with Crippen molar-refractivity contribution in [2.75, 3.05) is 13.2 Å². The number of ether oxygens (including phenoxy) is 2. The number of benzene rings is 1. The normalized spacial score (nSPS) is 19.9. The van der Waals surface area contributed by atoms with Gasteiger partial charge in [-0.1, -0.05) is 22.0 Å². The molecule has 20 heavy (non-hydrogen) atoms. The minimum absolute atomic E-state index is 0.110. The number of hydrogen-bond acceptors (Lipinski definition) is 2. The maximum Gasteiger partial charge on any atom is 0.419 e. The second-order valence-corrected chi connectivity index (χ2v) is 5.32. The average Bonchev–Trinajstić information content (AvgIpc) is 2.45. The molecule has 0 N–H and O–H groups in total. The Morgan fingerprint density at radius 1 is 1.30 bits per heavy atom. The van der Waals surface area contributed by atoms with E-state index in [9.17, 15) is 13.2 Å². The summed E-state index contributed by atoms with van der Waals surface area (Å²) in [4.78, 5) is 0. The van der Waals surface area contributed by atoms with Gasteiger partial charge in [0, 0.05) is 11.9 Å². The van der Waals surface area contributed by atoms with E-state index in [0.717, 1.165) is 25.3 Å². The van der Waals surface area contributed by atoms with E-state index in [1.54, 1.807) is 6.07 Å². The first-order valence-electron chi connectivity index (χ1n) is 6.51. The minimum atomic E-state index is -4.42. The summed E-state index contributed by atoms with van der Waals surface area (Å²) in [5.74, 6) is -0.128. The summed E-state index contributed by atoms with van der Waals surface area (Å²) in [6, 6.07) is 4.12. The Morgan fingerprint density at radius 3 is 2.70 bits per heavy atom. The van der Waals surface area contributed by atoms with Crippen LogP contribution in [0, 0.1) is 0 Å². The molecule has 1 aliphatic heterocycles. The fourth-order valence-electron chi connectivity index (χ4n) is 2.13. The fourth-order valence-corrected chi connectivity index (χ4v) is 2.48. The van der Waals surface area contributed by atoms with Crippen molar-refractivity contribution in [3.63, 3.8) is 0 Å². The van der Waals surface area contributed by atoms with E-state index >= 15 is 0 Å². The summed E-state index contributed by atoms with van der Waals surface area (Å²) >= 11 is 3.16.